The lowest BCUT2D eigenvalue weighted by atomic mass is 10.2. The normalized spacial score (nSPS) is 20.6. The molecule has 5 heteroatoms. The molecule has 2 heterocycles. The van der Waals surface area contributed by atoms with Crippen molar-refractivity contribution < 1.29 is 9.53 Å². The molecule has 76 valence electrons. The largest absolute Gasteiger partial charge is 0.447 e. The van der Waals surface area contributed by atoms with Crippen LogP contribution in [0.5, 0.6) is 0 Å². The van der Waals surface area contributed by atoms with Crippen LogP contribution in [0.2, 0.25) is 0 Å². The van der Waals surface area contributed by atoms with E-state index in [1.54, 1.807) is 6.33 Å². The third kappa shape index (κ3) is 1.86. The summed E-state index contributed by atoms with van der Waals surface area (Å²) in [5, 5.41) is 2.72. The van der Waals surface area contributed by atoms with Crippen LogP contribution >= 0.6 is 0 Å². The topological polar surface area (TPSA) is 56.2 Å². The highest BCUT2D eigenvalue weighted by atomic mass is 16.6. The van der Waals surface area contributed by atoms with E-state index in [-0.39, 0.29) is 12.1 Å². The first kappa shape index (κ1) is 9.05. The number of hydrogen-bond donors (Lipinski definition) is 1. The van der Waals surface area contributed by atoms with E-state index in [0.717, 1.165) is 18.7 Å². The van der Waals surface area contributed by atoms with Crippen molar-refractivity contribution in [1.29, 1.82) is 0 Å². The maximum atomic E-state index is 10.7. The van der Waals surface area contributed by atoms with Crippen LogP contribution in [0.3, 0.4) is 0 Å². The zero-order valence-electron chi connectivity index (χ0n) is 8.06. The number of rotatable bonds is 3. The van der Waals surface area contributed by atoms with Crippen molar-refractivity contribution in [3.63, 3.8) is 0 Å². The summed E-state index contributed by atoms with van der Waals surface area (Å²) < 4.78 is 6.79. The van der Waals surface area contributed by atoms with Gasteiger partial charge in [-0.15, -0.1) is 0 Å². The minimum absolute atomic E-state index is 0.0720. The quantitative estimate of drug-likeness (QED) is 0.766. The van der Waals surface area contributed by atoms with E-state index in [0.29, 0.717) is 6.61 Å². The highest BCUT2D eigenvalue weighted by molar-refractivity contribution is 5.69. The van der Waals surface area contributed by atoms with Crippen molar-refractivity contribution in [2.75, 3.05) is 6.61 Å². The molecule has 0 spiro atoms. The number of ether oxygens (including phenoxy) is 1. The van der Waals surface area contributed by atoms with Gasteiger partial charge in [0.05, 0.1) is 18.1 Å². The van der Waals surface area contributed by atoms with Crippen molar-refractivity contribution in [2.24, 2.45) is 0 Å². The van der Waals surface area contributed by atoms with Crippen LogP contribution in [0.15, 0.2) is 12.5 Å². The highest BCUT2D eigenvalue weighted by Gasteiger charge is 2.22. The molecule has 1 saturated heterocycles. The Morgan fingerprint density at radius 2 is 2.64 bits per heavy atom. The van der Waals surface area contributed by atoms with Crippen molar-refractivity contribution >= 4 is 6.09 Å². The van der Waals surface area contributed by atoms with Gasteiger partial charge in [-0.05, 0) is 6.92 Å². The summed E-state index contributed by atoms with van der Waals surface area (Å²) in [4.78, 5) is 15.0. The van der Waals surface area contributed by atoms with Crippen LogP contribution in [0.1, 0.15) is 12.6 Å². The number of alkyl carbamates (subject to hydrolysis) is 1. The molecule has 1 aromatic rings. The zero-order chi connectivity index (χ0) is 9.97. The van der Waals surface area contributed by atoms with Crippen LogP contribution in [0.25, 0.3) is 0 Å². The molecule has 5 nitrogen and oxygen atoms in total. The number of carbonyl (C=O) groups excluding carboxylic acids is 1. The summed E-state index contributed by atoms with van der Waals surface area (Å²) in [5.74, 6) is 0. The first-order valence-corrected chi connectivity index (χ1v) is 4.72. The van der Waals surface area contributed by atoms with Crippen molar-refractivity contribution in [3.05, 3.63) is 18.2 Å². The fourth-order valence-corrected chi connectivity index (χ4v) is 1.47. The predicted octanol–water partition coefficient (Wildman–Crippen LogP) is 0.554. The van der Waals surface area contributed by atoms with Gasteiger partial charge in [-0.1, -0.05) is 0 Å². The third-order valence-electron chi connectivity index (χ3n) is 2.24. The number of imidazole rings is 1. The van der Waals surface area contributed by atoms with E-state index in [9.17, 15) is 4.79 Å². The first-order valence-electron chi connectivity index (χ1n) is 4.72. The Bertz CT molecular complexity index is 335. The van der Waals surface area contributed by atoms with Crippen LogP contribution in [-0.4, -0.2) is 28.3 Å². The van der Waals surface area contributed by atoms with Gasteiger partial charge in [0.1, 0.15) is 6.61 Å². The zero-order valence-corrected chi connectivity index (χ0v) is 8.06. The average molecular weight is 195 g/mol. The van der Waals surface area contributed by atoms with E-state index in [1.165, 1.54) is 0 Å². The van der Waals surface area contributed by atoms with Gasteiger partial charge in [0.25, 0.3) is 0 Å². The molecule has 1 aliphatic heterocycles. The smallest absolute Gasteiger partial charge is 0.407 e. The molecule has 1 aromatic heterocycles. The molecule has 2 rings (SSSR count). The second kappa shape index (κ2) is 3.69. The van der Waals surface area contributed by atoms with Crippen LogP contribution in [0, 0.1) is 0 Å². The Hall–Kier alpha value is -1.52. The summed E-state index contributed by atoms with van der Waals surface area (Å²) in [6.07, 6.45) is 4.20. The minimum atomic E-state index is -0.329. The summed E-state index contributed by atoms with van der Waals surface area (Å²) >= 11 is 0. The molecule has 0 aliphatic carbocycles. The summed E-state index contributed by atoms with van der Waals surface area (Å²) in [7, 11) is 0. The van der Waals surface area contributed by atoms with Crippen LogP contribution in [-0.2, 0) is 17.7 Å². The van der Waals surface area contributed by atoms with E-state index >= 15 is 0 Å². The first-order chi connectivity index (χ1) is 6.78. The Kier molecular flexibility index (Phi) is 2.39. The minimum Gasteiger partial charge on any atom is -0.447 e. The van der Waals surface area contributed by atoms with Crippen molar-refractivity contribution in [3.8, 4) is 0 Å². The summed E-state index contributed by atoms with van der Waals surface area (Å²) in [6.45, 7) is 3.42. The number of aromatic nitrogens is 2. The molecular weight excluding hydrogens is 182 g/mol. The van der Waals surface area contributed by atoms with E-state index in [2.05, 4.69) is 17.2 Å². The number of carbonyl (C=O) groups is 1. The predicted molar refractivity (Wildman–Crippen MR) is 49.9 cm³/mol. The van der Waals surface area contributed by atoms with Crippen LogP contribution in [0.4, 0.5) is 4.79 Å². The molecule has 14 heavy (non-hydrogen) atoms. The number of amides is 1. The lowest BCUT2D eigenvalue weighted by molar-refractivity contribution is 0.177. The summed E-state index contributed by atoms with van der Waals surface area (Å²) in [5.41, 5.74) is 0.989. The second-order valence-corrected chi connectivity index (χ2v) is 3.34. The molecule has 0 unspecified atom stereocenters. The Labute approximate surface area is 82.1 Å². The molecule has 1 fully saturated rings. The Morgan fingerprint density at radius 1 is 1.79 bits per heavy atom. The van der Waals surface area contributed by atoms with Gasteiger partial charge in [0.2, 0.25) is 0 Å². The van der Waals surface area contributed by atoms with Crippen molar-refractivity contribution in [2.45, 2.75) is 25.9 Å². The van der Waals surface area contributed by atoms with Gasteiger partial charge >= 0.3 is 6.09 Å². The highest BCUT2D eigenvalue weighted by Crippen LogP contribution is 2.05. The molecule has 1 amide bonds. The monoisotopic (exact) mass is 195 g/mol. The molecule has 0 aromatic carbocycles. The molecular formula is C9H13N3O2. The van der Waals surface area contributed by atoms with E-state index in [4.69, 9.17) is 4.74 Å². The molecule has 1 N–H and O–H groups in total. The maximum absolute atomic E-state index is 10.7. The average Bonchev–Trinajstić information content (AvgIpc) is 2.76. The van der Waals surface area contributed by atoms with Gasteiger partial charge in [0, 0.05) is 19.2 Å². The van der Waals surface area contributed by atoms with Crippen molar-refractivity contribution in [1.82, 2.24) is 14.9 Å². The third-order valence-corrected chi connectivity index (χ3v) is 2.24. The number of nitrogens with zero attached hydrogens (tertiary/aromatic N) is 2. The van der Waals surface area contributed by atoms with Gasteiger partial charge in [0.15, 0.2) is 0 Å². The number of nitrogens with one attached hydrogen (secondary N) is 1. The van der Waals surface area contributed by atoms with Gasteiger partial charge in [-0.3, -0.25) is 0 Å². The molecule has 0 bridgehead atoms. The number of aryl methyl sites for hydroxylation is 1. The van der Waals surface area contributed by atoms with Crippen LogP contribution < -0.4 is 5.32 Å². The second-order valence-electron chi connectivity index (χ2n) is 3.34. The lowest BCUT2D eigenvalue weighted by Crippen LogP contribution is -2.28. The Balaban J connectivity index is 1.93. The Morgan fingerprint density at radius 3 is 3.21 bits per heavy atom. The maximum Gasteiger partial charge on any atom is 0.407 e. The number of cyclic esters (lactones) is 1. The summed E-state index contributed by atoms with van der Waals surface area (Å²) in [6, 6.07) is 0.0720. The van der Waals surface area contributed by atoms with E-state index in [1.807, 2.05) is 10.8 Å². The lowest BCUT2D eigenvalue weighted by Gasteiger charge is -2.02. The molecule has 0 saturated carbocycles. The molecule has 1 atom stereocenters. The fraction of sp³-hybridized carbons (Fsp3) is 0.556. The molecule has 0 radical (unpaired) electrons. The fourth-order valence-electron chi connectivity index (χ4n) is 1.47. The van der Waals surface area contributed by atoms with Gasteiger partial charge in [-0.2, -0.15) is 0 Å². The van der Waals surface area contributed by atoms with E-state index < -0.39 is 0 Å². The number of hydrogen-bond acceptors (Lipinski definition) is 3. The van der Waals surface area contributed by atoms with Gasteiger partial charge < -0.3 is 14.6 Å². The molecule has 1 aliphatic rings. The van der Waals surface area contributed by atoms with Gasteiger partial charge in [-0.25, -0.2) is 9.78 Å². The standard InChI is InChI=1S/C9H13N3O2/c1-2-12-4-7(10-6-12)3-8-5-14-9(13)11-8/h4,6,8H,2-3,5H2,1H3,(H,11,13)/t8-/m0/s1. The SMILES string of the molecule is CCn1cnc(C[C@H]2COC(=O)N2)c1.